The van der Waals surface area contributed by atoms with Crippen molar-refractivity contribution in [3.8, 4) is 0 Å². The van der Waals surface area contributed by atoms with Gasteiger partial charge in [0.25, 0.3) is 0 Å². The SMILES string of the molecule is CC(C)C(C(=O)NCC1=CCNCC1)c1ccccc1.Cl. The summed E-state index contributed by atoms with van der Waals surface area (Å²) in [7, 11) is 0. The summed E-state index contributed by atoms with van der Waals surface area (Å²) in [4.78, 5) is 12.5. The molecule has 1 aromatic carbocycles. The Labute approximate surface area is 133 Å². The molecule has 1 aliphatic heterocycles. The smallest absolute Gasteiger partial charge is 0.228 e. The highest BCUT2D eigenvalue weighted by Crippen LogP contribution is 2.24. The normalized spacial score (nSPS) is 15.9. The molecular formula is C17H25ClN2O. The Morgan fingerprint density at radius 2 is 2.00 bits per heavy atom. The number of nitrogens with one attached hydrogen (secondary N) is 2. The van der Waals surface area contributed by atoms with E-state index >= 15 is 0 Å². The topological polar surface area (TPSA) is 41.1 Å². The molecule has 1 unspecified atom stereocenters. The maximum atomic E-state index is 12.5. The van der Waals surface area contributed by atoms with Crippen LogP contribution in [0.2, 0.25) is 0 Å². The standard InChI is InChI=1S/C17H24N2O.ClH/c1-13(2)16(15-6-4-3-5-7-15)17(20)19-12-14-8-10-18-11-9-14;/h3-8,13,16,18H,9-12H2,1-2H3,(H,19,20);1H. The van der Waals surface area contributed by atoms with E-state index in [1.54, 1.807) is 0 Å². The van der Waals surface area contributed by atoms with Crippen LogP contribution in [0.25, 0.3) is 0 Å². The van der Waals surface area contributed by atoms with E-state index in [1.807, 2.05) is 30.3 Å². The number of hydrogen-bond donors (Lipinski definition) is 2. The van der Waals surface area contributed by atoms with Crippen molar-refractivity contribution >= 4 is 18.3 Å². The zero-order valence-electron chi connectivity index (χ0n) is 12.8. The van der Waals surface area contributed by atoms with Crippen LogP contribution < -0.4 is 10.6 Å². The largest absolute Gasteiger partial charge is 0.352 e. The third-order valence-electron chi connectivity index (χ3n) is 3.76. The molecular weight excluding hydrogens is 284 g/mol. The van der Waals surface area contributed by atoms with Crippen LogP contribution in [0.5, 0.6) is 0 Å². The van der Waals surface area contributed by atoms with Gasteiger partial charge < -0.3 is 10.6 Å². The second-order valence-corrected chi connectivity index (χ2v) is 5.67. The highest BCUT2D eigenvalue weighted by atomic mass is 35.5. The summed E-state index contributed by atoms with van der Waals surface area (Å²) in [6.07, 6.45) is 3.20. The second-order valence-electron chi connectivity index (χ2n) is 5.67. The molecule has 4 heteroatoms. The van der Waals surface area contributed by atoms with E-state index in [0.717, 1.165) is 25.1 Å². The van der Waals surface area contributed by atoms with Gasteiger partial charge in [-0.1, -0.05) is 55.8 Å². The van der Waals surface area contributed by atoms with Crippen LogP contribution in [0.4, 0.5) is 0 Å². The number of amides is 1. The Kier molecular flexibility index (Phi) is 7.48. The Morgan fingerprint density at radius 1 is 1.29 bits per heavy atom. The lowest BCUT2D eigenvalue weighted by Gasteiger charge is -2.22. The molecule has 0 aromatic heterocycles. The number of halogens is 1. The first-order chi connectivity index (χ1) is 9.68. The van der Waals surface area contributed by atoms with Crippen molar-refractivity contribution in [2.75, 3.05) is 19.6 Å². The lowest BCUT2D eigenvalue weighted by atomic mass is 9.87. The number of rotatable bonds is 5. The van der Waals surface area contributed by atoms with Gasteiger partial charge in [0.2, 0.25) is 5.91 Å². The molecule has 2 rings (SSSR count). The summed E-state index contributed by atoms with van der Waals surface area (Å²) in [6.45, 7) is 6.80. The van der Waals surface area contributed by atoms with Crippen LogP contribution in [-0.2, 0) is 4.79 Å². The molecule has 0 saturated carbocycles. The van der Waals surface area contributed by atoms with Crippen LogP contribution in [0.3, 0.4) is 0 Å². The average molecular weight is 309 g/mol. The molecule has 0 saturated heterocycles. The molecule has 116 valence electrons. The minimum Gasteiger partial charge on any atom is -0.352 e. The van der Waals surface area contributed by atoms with Gasteiger partial charge in [-0.05, 0) is 24.4 Å². The lowest BCUT2D eigenvalue weighted by Crippen LogP contribution is -2.34. The first-order valence-corrected chi connectivity index (χ1v) is 7.39. The zero-order valence-corrected chi connectivity index (χ0v) is 13.6. The molecule has 1 aliphatic rings. The molecule has 1 heterocycles. The molecule has 0 fully saturated rings. The van der Waals surface area contributed by atoms with Crippen molar-refractivity contribution in [2.24, 2.45) is 5.92 Å². The number of hydrogen-bond acceptors (Lipinski definition) is 2. The molecule has 0 aliphatic carbocycles. The van der Waals surface area contributed by atoms with E-state index in [1.165, 1.54) is 5.57 Å². The van der Waals surface area contributed by atoms with Gasteiger partial charge in [0.15, 0.2) is 0 Å². The molecule has 2 N–H and O–H groups in total. The molecule has 21 heavy (non-hydrogen) atoms. The fraction of sp³-hybridized carbons (Fsp3) is 0.471. The van der Waals surface area contributed by atoms with Crippen LogP contribution in [-0.4, -0.2) is 25.5 Å². The summed E-state index contributed by atoms with van der Waals surface area (Å²) in [5, 5.41) is 6.38. The van der Waals surface area contributed by atoms with Gasteiger partial charge in [-0.25, -0.2) is 0 Å². The quantitative estimate of drug-likeness (QED) is 0.821. The van der Waals surface area contributed by atoms with Gasteiger partial charge in [0, 0.05) is 13.1 Å². The highest BCUT2D eigenvalue weighted by molar-refractivity contribution is 5.85. The van der Waals surface area contributed by atoms with Crippen molar-refractivity contribution in [3.63, 3.8) is 0 Å². The van der Waals surface area contributed by atoms with E-state index in [2.05, 4.69) is 30.6 Å². The van der Waals surface area contributed by atoms with E-state index in [0.29, 0.717) is 12.5 Å². The van der Waals surface area contributed by atoms with E-state index in [4.69, 9.17) is 0 Å². The van der Waals surface area contributed by atoms with Gasteiger partial charge in [0.05, 0.1) is 5.92 Å². The van der Waals surface area contributed by atoms with Crippen LogP contribution >= 0.6 is 12.4 Å². The van der Waals surface area contributed by atoms with Gasteiger partial charge >= 0.3 is 0 Å². The first-order valence-electron chi connectivity index (χ1n) is 7.39. The Bertz CT molecular complexity index is 471. The first kappa shape index (κ1) is 17.7. The van der Waals surface area contributed by atoms with Crippen molar-refractivity contribution in [1.82, 2.24) is 10.6 Å². The van der Waals surface area contributed by atoms with Crippen molar-refractivity contribution in [1.29, 1.82) is 0 Å². The summed E-state index contributed by atoms with van der Waals surface area (Å²) >= 11 is 0. The summed E-state index contributed by atoms with van der Waals surface area (Å²) in [5.74, 6) is 0.351. The molecule has 1 aromatic rings. The predicted molar refractivity (Wildman–Crippen MR) is 89.8 cm³/mol. The second kappa shape index (κ2) is 8.85. The maximum absolute atomic E-state index is 12.5. The van der Waals surface area contributed by atoms with E-state index in [9.17, 15) is 4.79 Å². The third-order valence-corrected chi connectivity index (χ3v) is 3.76. The van der Waals surface area contributed by atoms with Gasteiger partial charge in [0.1, 0.15) is 0 Å². The molecule has 0 radical (unpaired) electrons. The monoisotopic (exact) mass is 308 g/mol. The molecule has 0 bridgehead atoms. The van der Waals surface area contributed by atoms with Crippen molar-refractivity contribution < 1.29 is 4.79 Å². The van der Waals surface area contributed by atoms with E-state index in [-0.39, 0.29) is 24.2 Å². The minimum absolute atomic E-state index is 0. The number of carbonyl (C=O) groups excluding carboxylic acids is 1. The van der Waals surface area contributed by atoms with Gasteiger partial charge in [-0.2, -0.15) is 0 Å². The molecule has 1 amide bonds. The highest BCUT2D eigenvalue weighted by Gasteiger charge is 2.23. The third kappa shape index (κ3) is 5.18. The fourth-order valence-electron chi connectivity index (χ4n) is 2.64. The van der Waals surface area contributed by atoms with Crippen molar-refractivity contribution in [3.05, 3.63) is 47.5 Å². The molecule has 1 atom stereocenters. The van der Waals surface area contributed by atoms with Crippen LogP contribution in [0, 0.1) is 5.92 Å². The summed E-state index contributed by atoms with van der Waals surface area (Å²) in [6, 6.07) is 10.0. The number of carbonyl (C=O) groups is 1. The van der Waals surface area contributed by atoms with Gasteiger partial charge in [-0.3, -0.25) is 4.79 Å². The molecule has 0 spiro atoms. The summed E-state index contributed by atoms with van der Waals surface area (Å²) in [5.41, 5.74) is 2.42. The van der Waals surface area contributed by atoms with E-state index < -0.39 is 0 Å². The number of benzene rings is 1. The van der Waals surface area contributed by atoms with Crippen LogP contribution in [0.1, 0.15) is 31.7 Å². The minimum atomic E-state index is -0.0708. The molecule has 3 nitrogen and oxygen atoms in total. The summed E-state index contributed by atoms with van der Waals surface area (Å²) < 4.78 is 0. The van der Waals surface area contributed by atoms with Crippen molar-refractivity contribution in [2.45, 2.75) is 26.2 Å². The Morgan fingerprint density at radius 3 is 2.57 bits per heavy atom. The zero-order chi connectivity index (χ0) is 14.4. The fourth-order valence-corrected chi connectivity index (χ4v) is 2.64. The lowest BCUT2D eigenvalue weighted by molar-refractivity contribution is -0.123. The predicted octanol–water partition coefficient (Wildman–Crippen LogP) is 2.88. The Hall–Kier alpha value is -1.32. The van der Waals surface area contributed by atoms with Gasteiger partial charge in [-0.15, -0.1) is 12.4 Å². The van der Waals surface area contributed by atoms with Crippen LogP contribution in [0.15, 0.2) is 42.0 Å². The average Bonchev–Trinajstić information content (AvgIpc) is 2.47. The maximum Gasteiger partial charge on any atom is 0.228 e. The Balaban J connectivity index is 0.00000220.